The highest BCUT2D eigenvalue weighted by Crippen LogP contribution is 2.22. The number of hydrogen-bond acceptors (Lipinski definition) is 6. The van der Waals surface area contributed by atoms with Crippen molar-refractivity contribution < 1.29 is 17.6 Å². The lowest BCUT2D eigenvalue weighted by Crippen LogP contribution is -2.16. The standard InChI is InChI=1S/C25H22N4O4S/c1-17-15-18(2)27-25(26-17)29-34(31,32)22-12-10-20(11-13-22)28-24(30)23(16-21-9-6-14-33-21)19-7-4-3-5-8-19/h3-16H,1-2H3,(H,28,30)(H,26,27,29)/b23-16+. The number of rotatable bonds is 7. The molecule has 2 heterocycles. The summed E-state index contributed by atoms with van der Waals surface area (Å²) in [5.74, 6) is 0.181. The van der Waals surface area contributed by atoms with E-state index < -0.39 is 10.0 Å². The average Bonchev–Trinajstić information content (AvgIpc) is 3.31. The Kier molecular flexibility index (Phi) is 6.55. The second-order valence-electron chi connectivity index (χ2n) is 7.50. The van der Waals surface area contributed by atoms with Gasteiger partial charge < -0.3 is 9.73 Å². The lowest BCUT2D eigenvalue weighted by Gasteiger charge is -2.11. The summed E-state index contributed by atoms with van der Waals surface area (Å²) in [5, 5.41) is 2.81. The molecule has 0 bridgehead atoms. The topological polar surface area (TPSA) is 114 Å². The van der Waals surface area contributed by atoms with Crippen molar-refractivity contribution in [2.75, 3.05) is 10.0 Å². The van der Waals surface area contributed by atoms with Crippen LogP contribution in [-0.2, 0) is 14.8 Å². The number of carbonyl (C=O) groups is 1. The van der Waals surface area contributed by atoms with Crippen LogP contribution in [0.2, 0.25) is 0 Å². The number of sulfonamides is 1. The van der Waals surface area contributed by atoms with Crippen LogP contribution >= 0.6 is 0 Å². The molecule has 2 aromatic carbocycles. The average molecular weight is 475 g/mol. The second-order valence-corrected chi connectivity index (χ2v) is 9.18. The Morgan fingerprint density at radius 3 is 2.21 bits per heavy atom. The van der Waals surface area contributed by atoms with Crippen molar-refractivity contribution >= 4 is 39.2 Å². The molecule has 0 saturated carbocycles. The molecule has 172 valence electrons. The molecule has 0 aliphatic heterocycles. The van der Waals surface area contributed by atoms with Gasteiger partial charge in [-0.25, -0.2) is 23.1 Å². The van der Waals surface area contributed by atoms with Crippen LogP contribution in [0.4, 0.5) is 11.6 Å². The molecule has 34 heavy (non-hydrogen) atoms. The third-order valence-electron chi connectivity index (χ3n) is 4.79. The molecule has 4 rings (SSSR count). The van der Waals surface area contributed by atoms with E-state index in [2.05, 4.69) is 20.0 Å². The zero-order chi connectivity index (χ0) is 24.1. The molecule has 9 heteroatoms. The zero-order valence-corrected chi connectivity index (χ0v) is 19.3. The van der Waals surface area contributed by atoms with Crippen molar-refractivity contribution in [3.8, 4) is 0 Å². The predicted octanol–water partition coefficient (Wildman–Crippen LogP) is 4.67. The van der Waals surface area contributed by atoms with Gasteiger partial charge in [-0.05, 0) is 68.0 Å². The Balaban J connectivity index is 1.53. The summed E-state index contributed by atoms with van der Waals surface area (Å²) in [4.78, 5) is 21.3. The van der Waals surface area contributed by atoms with Gasteiger partial charge in [0.2, 0.25) is 5.95 Å². The van der Waals surface area contributed by atoms with Gasteiger partial charge in [-0.15, -0.1) is 0 Å². The van der Waals surface area contributed by atoms with Gasteiger partial charge in [0.05, 0.1) is 16.7 Å². The number of furan rings is 1. The molecule has 8 nitrogen and oxygen atoms in total. The van der Waals surface area contributed by atoms with Crippen LogP contribution in [0.3, 0.4) is 0 Å². The first kappa shape index (κ1) is 22.9. The molecule has 0 spiro atoms. The van der Waals surface area contributed by atoms with E-state index in [0.29, 0.717) is 34.0 Å². The number of aromatic nitrogens is 2. The number of benzene rings is 2. The molecule has 1 amide bonds. The molecular formula is C25H22N4O4S. The van der Waals surface area contributed by atoms with Crippen LogP contribution in [0.15, 0.2) is 88.4 Å². The van der Waals surface area contributed by atoms with Crippen LogP contribution in [-0.4, -0.2) is 24.3 Å². The van der Waals surface area contributed by atoms with Gasteiger partial charge in [-0.3, -0.25) is 4.79 Å². The molecular weight excluding hydrogens is 452 g/mol. The fraction of sp³-hybridized carbons (Fsp3) is 0.0800. The number of hydrogen-bond donors (Lipinski definition) is 2. The third-order valence-corrected chi connectivity index (χ3v) is 6.13. The van der Waals surface area contributed by atoms with Gasteiger partial charge in [0, 0.05) is 17.1 Å². The zero-order valence-electron chi connectivity index (χ0n) is 18.5. The number of nitrogens with one attached hydrogen (secondary N) is 2. The van der Waals surface area contributed by atoms with E-state index in [4.69, 9.17) is 4.42 Å². The first-order valence-electron chi connectivity index (χ1n) is 10.4. The molecule has 0 aliphatic rings. The van der Waals surface area contributed by atoms with E-state index >= 15 is 0 Å². The van der Waals surface area contributed by atoms with Crippen LogP contribution in [0.5, 0.6) is 0 Å². The lowest BCUT2D eigenvalue weighted by molar-refractivity contribution is -0.111. The Bertz CT molecular complexity index is 1410. The maximum absolute atomic E-state index is 13.1. The molecule has 0 atom stereocenters. The van der Waals surface area contributed by atoms with Crippen LogP contribution in [0.1, 0.15) is 22.7 Å². The van der Waals surface area contributed by atoms with Crippen molar-refractivity contribution in [2.24, 2.45) is 0 Å². The highest BCUT2D eigenvalue weighted by atomic mass is 32.2. The Morgan fingerprint density at radius 1 is 0.912 bits per heavy atom. The van der Waals surface area contributed by atoms with E-state index in [9.17, 15) is 13.2 Å². The molecule has 0 unspecified atom stereocenters. The summed E-state index contributed by atoms with van der Waals surface area (Å²) in [6.45, 7) is 3.52. The largest absolute Gasteiger partial charge is 0.465 e. The van der Waals surface area contributed by atoms with Gasteiger partial charge in [-0.2, -0.15) is 0 Å². The van der Waals surface area contributed by atoms with Crippen molar-refractivity contribution in [1.29, 1.82) is 0 Å². The van der Waals surface area contributed by atoms with Crippen molar-refractivity contribution in [3.05, 3.63) is 102 Å². The summed E-state index contributed by atoms with van der Waals surface area (Å²) >= 11 is 0. The van der Waals surface area contributed by atoms with Crippen molar-refractivity contribution in [3.63, 3.8) is 0 Å². The van der Waals surface area contributed by atoms with Gasteiger partial charge in [-0.1, -0.05) is 30.3 Å². The summed E-state index contributed by atoms with van der Waals surface area (Å²) in [6.07, 6.45) is 3.18. The predicted molar refractivity (Wildman–Crippen MR) is 130 cm³/mol. The van der Waals surface area contributed by atoms with Crippen molar-refractivity contribution in [2.45, 2.75) is 18.7 Å². The highest BCUT2D eigenvalue weighted by molar-refractivity contribution is 7.92. The van der Waals surface area contributed by atoms with Crippen LogP contribution < -0.4 is 10.0 Å². The number of aryl methyl sites for hydroxylation is 2. The smallest absolute Gasteiger partial charge is 0.264 e. The molecule has 2 N–H and O–H groups in total. The third kappa shape index (κ3) is 5.57. The van der Waals surface area contributed by atoms with E-state index in [1.807, 2.05) is 30.3 Å². The van der Waals surface area contributed by atoms with Gasteiger partial charge in [0.25, 0.3) is 15.9 Å². The molecule has 4 aromatic rings. The normalized spacial score (nSPS) is 11.8. The first-order valence-corrected chi connectivity index (χ1v) is 11.9. The minimum Gasteiger partial charge on any atom is -0.465 e. The van der Waals surface area contributed by atoms with E-state index in [1.54, 1.807) is 38.1 Å². The fourth-order valence-electron chi connectivity index (χ4n) is 3.28. The highest BCUT2D eigenvalue weighted by Gasteiger charge is 2.17. The van der Waals surface area contributed by atoms with Gasteiger partial charge in [0.1, 0.15) is 5.76 Å². The second kappa shape index (κ2) is 9.72. The maximum atomic E-state index is 13.1. The monoisotopic (exact) mass is 474 g/mol. The lowest BCUT2D eigenvalue weighted by atomic mass is 10.0. The van der Waals surface area contributed by atoms with Crippen LogP contribution in [0.25, 0.3) is 11.6 Å². The number of anilines is 2. The van der Waals surface area contributed by atoms with Gasteiger partial charge >= 0.3 is 0 Å². The number of carbonyl (C=O) groups excluding carboxylic acids is 1. The molecule has 2 aromatic heterocycles. The molecule has 0 radical (unpaired) electrons. The molecule has 0 fully saturated rings. The SMILES string of the molecule is Cc1cc(C)nc(NS(=O)(=O)c2ccc(NC(=O)/C(=C/c3ccco3)c3ccccc3)cc2)n1. The van der Waals surface area contributed by atoms with E-state index in [-0.39, 0.29) is 16.8 Å². The van der Waals surface area contributed by atoms with Crippen molar-refractivity contribution in [1.82, 2.24) is 9.97 Å². The Morgan fingerprint density at radius 2 is 1.59 bits per heavy atom. The Hall–Kier alpha value is -4.24. The minimum absolute atomic E-state index is 0.00504. The fourth-order valence-corrected chi connectivity index (χ4v) is 4.22. The quantitative estimate of drug-likeness (QED) is 0.376. The number of nitrogens with zero attached hydrogens (tertiary/aromatic N) is 2. The summed E-state index contributed by atoms with van der Waals surface area (Å²) in [6, 6.07) is 20.3. The Labute approximate surface area is 197 Å². The summed E-state index contributed by atoms with van der Waals surface area (Å²) < 4.78 is 33.2. The van der Waals surface area contributed by atoms with E-state index in [0.717, 1.165) is 0 Å². The molecule has 0 aliphatic carbocycles. The van der Waals surface area contributed by atoms with Crippen LogP contribution in [0, 0.1) is 13.8 Å². The molecule has 0 saturated heterocycles. The summed E-state index contributed by atoms with van der Waals surface area (Å²) in [5.41, 5.74) is 2.86. The maximum Gasteiger partial charge on any atom is 0.264 e. The van der Waals surface area contributed by atoms with Gasteiger partial charge in [0.15, 0.2) is 0 Å². The van der Waals surface area contributed by atoms with E-state index in [1.165, 1.54) is 30.5 Å². The summed E-state index contributed by atoms with van der Waals surface area (Å²) in [7, 11) is -3.90. The minimum atomic E-state index is -3.90. The first-order chi connectivity index (χ1) is 16.3. The number of amides is 1.